The fraction of sp³-hybridized carbons (Fsp3) is 0.0769. The van der Waals surface area contributed by atoms with E-state index >= 15 is 0 Å². The molecule has 0 heterocycles. The van der Waals surface area contributed by atoms with Crippen LogP contribution in [0.15, 0.2) is 34.8 Å². The molecule has 0 aliphatic carbocycles. The van der Waals surface area contributed by atoms with Gasteiger partial charge in [0, 0.05) is 16.1 Å². The lowest BCUT2D eigenvalue weighted by molar-refractivity contribution is -0.385. The fourth-order valence-electron chi connectivity index (χ4n) is 1.65. The summed E-state index contributed by atoms with van der Waals surface area (Å²) in [6.45, 7) is 0. The van der Waals surface area contributed by atoms with Crippen molar-refractivity contribution in [3.05, 3.63) is 62.1 Å². The Balaban J connectivity index is 2.51. The van der Waals surface area contributed by atoms with Crippen molar-refractivity contribution in [2.45, 2.75) is 6.43 Å². The van der Waals surface area contributed by atoms with E-state index in [0.717, 1.165) is 18.2 Å². The van der Waals surface area contributed by atoms with E-state index < -0.39 is 40.0 Å². The Morgan fingerprint density at radius 3 is 2.45 bits per heavy atom. The Morgan fingerprint density at radius 2 is 1.86 bits per heavy atom. The van der Waals surface area contributed by atoms with E-state index in [1.54, 1.807) is 0 Å². The molecule has 0 aliphatic heterocycles. The molecule has 0 radical (unpaired) electrons. The number of benzene rings is 2. The summed E-state index contributed by atoms with van der Waals surface area (Å²) in [4.78, 5) is 9.86. The van der Waals surface area contributed by atoms with Crippen molar-refractivity contribution in [1.82, 2.24) is 0 Å². The van der Waals surface area contributed by atoms with Crippen LogP contribution < -0.4 is 4.74 Å². The minimum Gasteiger partial charge on any atom is -0.447 e. The number of ether oxygens (including phenoxy) is 1. The van der Waals surface area contributed by atoms with Crippen molar-refractivity contribution in [2.75, 3.05) is 0 Å². The van der Waals surface area contributed by atoms with Gasteiger partial charge in [-0.1, -0.05) is 15.9 Å². The maximum Gasteiger partial charge on any atom is 0.314 e. The summed E-state index contributed by atoms with van der Waals surface area (Å²) in [6.07, 6.45) is -2.83. The second-order valence-electron chi connectivity index (χ2n) is 4.09. The van der Waals surface area contributed by atoms with Crippen LogP contribution in [0.1, 0.15) is 12.0 Å². The van der Waals surface area contributed by atoms with Crippen LogP contribution >= 0.6 is 15.9 Å². The quantitative estimate of drug-likeness (QED) is 0.407. The molecule has 0 saturated heterocycles. The molecule has 2 aromatic rings. The molecule has 9 heteroatoms. The normalized spacial score (nSPS) is 10.8. The minimum atomic E-state index is -2.83. The van der Waals surface area contributed by atoms with Crippen molar-refractivity contribution in [1.29, 1.82) is 0 Å². The van der Waals surface area contributed by atoms with Crippen LogP contribution in [0.5, 0.6) is 11.5 Å². The molecule has 0 fully saturated rings. The van der Waals surface area contributed by atoms with Crippen LogP contribution in [0.4, 0.5) is 23.2 Å². The molecule has 0 aliphatic rings. The maximum atomic E-state index is 13.7. The van der Waals surface area contributed by atoms with E-state index in [4.69, 9.17) is 4.74 Å². The highest BCUT2D eigenvalue weighted by atomic mass is 79.9. The first kappa shape index (κ1) is 16.2. The summed E-state index contributed by atoms with van der Waals surface area (Å²) in [5.74, 6) is -4.21. The summed E-state index contributed by atoms with van der Waals surface area (Å²) in [7, 11) is 0. The number of rotatable bonds is 4. The molecule has 0 spiro atoms. The highest BCUT2D eigenvalue weighted by molar-refractivity contribution is 9.10. The highest BCUT2D eigenvalue weighted by Crippen LogP contribution is 2.37. The fourth-order valence-corrected chi connectivity index (χ4v) is 2.14. The zero-order valence-electron chi connectivity index (χ0n) is 10.5. The molecule has 0 aromatic heterocycles. The predicted molar refractivity (Wildman–Crippen MR) is 72.2 cm³/mol. The van der Waals surface area contributed by atoms with E-state index in [9.17, 15) is 27.7 Å². The van der Waals surface area contributed by atoms with Crippen molar-refractivity contribution < 1.29 is 27.2 Å². The third-order valence-corrected chi connectivity index (χ3v) is 3.05. The lowest BCUT2D eigenvalue weighted by Crippen LogP contribution is -1.99. The second kappa shape index (κ2) is 6.30. The predicted octanol–water partition coefficient (Wildman–Crippen LogP) is 5.37. The largest absolute Gasteiger partial charge is 0.447 e. The molecular weight excluding hydrogens is 374 g/mol. The highest BCUT2D eigenvalue weighted by Gasteiger charge is 2.24. The zero-order valence-corrected chi connectivity index (χ0v) is 12.1. The summed E-state index contributed by atoms with van der Waals surface area (Å²) >= 11 is 2.96. The Hall–Kier alpha value is -2.16. The van der Waals surface area contributed by atoms with Crippen molar-refractivity contribution in [3.63, 3.8) is 0 Å². The third-order valence-electron chi connectivity index (χ3n) is 2.59. The first-order valence-corrected chi connectivity index (χ1v) is 6.47. The van der Waals surface area contributed by atoms with Crippen molar-refractivity contribution >= 4 is 21.6 Å². The molecule has 0 atom stereocenters. The van der Waals surface area contributed by atoms with Gasteiger partial charge in [0.25, 0.3) is 6.43 Å². The lowest BCUT2D eigenvalue weighted by atomic mass is 10.2. The number of nitro benzene ring substituents is 1. The van der Waals surface area contributed by atoms with Gasteiger partial charge in [0.05, 0.1) is 4.92 Å². The molecule has 0 bridgehead atoms. The third kappa shape index (κ3) is 3.35. The summed E-state index contributed by atoms with van der Waals surface area (Å²) in [6, 6.07) is 4.48. The van der Waals surface area contributed by atoms with Gasteiger partial charge in [0.2, 0.25) is 11.6 Å². The van der Waals surface area contributed by atoms with Crippen LogP contribution in [0, 0.1) is 21.7 Å². The number of nitrogens with zero attached hydrogens (tertiary/aromatic N) is 1. The first-order valence-electron chi connectivity index (χ1n) is 5.68. The number of halogens is 5. The lowest BCUT2D eigenvalue weighted by Gasteiger charge is -2.10. The van der Waals surface area contributed by atoms with Crippen molar-refractivity contribution in [3.8, 4) is 11.5 Å². The molecule has 2 aromatic carbocycles. The zero-order chi connectivity index (χ0) is 16.4. The number of alkyl halides is 2. The summed E-state index contributed by atoms with van der Waals surface area (Å²) < 4.78 is 57.4. The summed E-state index contributed by atoms with van der Waals surface area (Å²) in [5, 5.41) is 10.8. The molecule has 116 valence electrons. The Bertz CT molecular complexity index is 739. The van der Waals surface area contributed by atoms with E-state index in [0.29, 0.717) is 6.07 Å². The molecule has 2 rings (SSSR count). The van der Waals surface area contributed by atoms with Gasteiger partial charge in [0.1, 0.15) is 5.75 Å². The van der Waals surface area contributed by atoms with Gasteiger partial charge in [-0.05, 0) is 24.3 Å². The first-order chi connectivity index (χ1) is 10.3. The molecule has 0 amide bonds. The number of hydrogen-bond donors (Lipinski definition) is 0. The van der Waals surface area contributed by atoms with Gasteiger partial charge in [-0.3, -0.25) is 10.1 Å². The van der Waals surface area contributed by atoms with Crippen LogP contribution in [-0.2, 0) is 0 Å². The van der Waals surface area contributed by atoms with E-state index in [-0.39, 0.29) is 10.2 Å². The standard InChI is InChI=1S/C13H6BrF4NO3/c14-7-3-6(13(17)18)4-8(5-7)22-12-10(19(20)21)2-1-9(15)11(12)16/h1-5,13H. The topological polar surface area (TPSA) is 52.4 Å². The minimum absolute atomic E-state index is 0.194. The average Bonchev–Trinajstić information content (AvgIpc) is 2.43. The number of hydrogen-bond acceptors (Lipinski definition) is 3. The van der Waals surface area contributed by atoms with E-state index in [1.165, 1.54) is 6.07 Å². The van der Waals surface area contributed by atoms with Crippen LogP contribution in [0.25, 0.3) is 0 Å². The van der Waals surface area contributed by atoms with Gasteiger partial charge in [0.15, 0.2) is 5.82 Å². The maximum absolute atomic E-state index is 13.7. The van der Waals surface area contributed by atoms with Gasteiger partial charge in [-0.15, -0.1) is 0 Å². The van der Waals surface area contributed by atoms with Crippen molar-refractivity contribution in [2.24, 2.45) is 0 Å². The van der Waals surface area contributed by atoms with Crippen LogP contribution in [0.3, 0.4) is 0 Å². The van der Waals surface area contributed by atoms with Gasteiger partial charge in [-0.25, -0.2) is 13.2 Å². The average molecular weight is 380 g/mol. The van der Waals surface area contributed by atoms with E-state index in [1.807, 2.05) is 0 Å². The second-order valence-corrected chi connectivity index (χ2v) is 5.01. The molecule has 0 saturated carbocycles. The Kier molecular flexibility index (Phi) is 4.65. The van der Waals surface area contributed by atoms with Gasteiger partial charge >= 0.3 is 5.69 Å². The SMILES string of the molecule is O=[N+]([O-])c1ccc(F)c(F)c1Oc1cc(Br)cc(C(F)F)c1. The number of nitro groups is 1. The smallest absolute Gasteiger partial charge is 0.314 e. The van der Waals surface area contributed by atoms with E-state index in [2.05, 4.69) is 15.9 Å². The molecule has 22 heavy (non-hydrogen) atoms. The van der Waals surface area contributed by atoms with Crippen LogP contribution in [0.2, 0.25) is 0 Å². The molecule has 4 nitrogen and oxygen atoms in total. The molecule has 0 N–H and O–H groups in total. The molecule has 0 unspecified atom stereocenters. The Morgan fingerprint density at radius 1 is 1.18 bits per heavy atom. The Labute approximate surface area is 129 Å². The monoisotopic (exact) mass is 379 g/mol. The van der Waals surface area contributed by atoms with Gasteiger partial charge in [-0.2, -0.15) is 4.39 Å². The van der Waals surface area contributed by atoms with Gasteiger partial charge < -0.3 is 4.74 Å². The molecular formula is C13H6BrF4NO3. The van der Waals surface area contributed by atoms with Crippen LogP contribution in [-0.4, -0.2) is 4.92 Å². The summed E-state index contributed by atoms with van der Waals surface area (Å²) in [5.41, 5.74) is -1.26.